The van der Waals surface area contributed by atoms with E-state index in [0.717, 1.165) is 5.56 Å². The number of hydrogen-bond acceptors (Lipinski definition) is 7. The fourth-order valence-electron chi connectivity index (χ4n) is 3.27. The maximum absolute atomic E-state index is 12.8. The van der Waals surface area contributed by atoms with Crippen LogP contribution in [-0.2, 0) is 25.6 Å². The third-order valence-corrected chi connectivity index (χ3v) is 5.00. The van der Waals surface area contributed by atoms with E-state index in [1.165, 1.54) is 14.0 Å². The van der Waals surface area contributed by atoms with Gasteiger partial charge in [-0.05, 0) is 37.1 Å². The van der Waals surface area contributed by atoms with E-state index >= 15 is 0 Å². The van der Waals surface area contributed by atoms with Crippen LogP contribution in [0.4, 0.5) is 0 Å². The standard InChI is InChI=1S/C23H29N5O5.2C2H6/c1-14(29)18(11-15-7-9-26-10-8-15)28-23(32)19(13-21(25)30)27-22(31)12-17(24)16-5-3-4-6-20(16)33-2;2*1-2/h3-10,17-19H,11-13,24H2,1-2H3,(H2,25,30)(H,27,31)(H,28,32);2*1-2H3/t17-,18?,19-;;/m0../s1. The Hall–Kier alpha value is -3.79. The van der Waals surface area contributed by atoms with Crippen molar-refractivity contribution in [1.29, 1.82) is 0 Å². The van der Waals surface area contributed by atoms with E-state index in [0.29, 0.717) is 11.3 Å². The number of amides is 3. The molecule has 0 radical (unpaired) electrons. The summed E-state index contributed by atoms with van der Waals surface area (Å²) in [6, 6.07) is 7.66. The number of nitrogens with one attached hydrogen (secondary N) is 2. The summed E-state index contributed by atoms with van der Waals surface area (Å²) in [7, 11) is 1.50. The molecule has 0 fully saturated rings. The predicted molar refractivity (Wildman–Crippen MR) is 144 cm³/mol. The van der Waals surface area contributed by atoms with E-state index in [1.807, 2.05) is 27.7 Å². The minimum atomic E-state index is -1.25. The van der Waals surface area contributed by atoms with Gasteiger partial charge in [0.2, 0.25) is 17.7 Å². The Bertz CT molecular complexity index is 984. The first-order chi connectivity index (χ1) is 17.7. The summed E-state index contributed by atoms with van der Waals surface area (Å²) in [5.74, 6) is -1.77. The topological polar surface area (TPSA) is 166 Å². The highest BCUT2D eigenvalue weighted by atomic mass is 16.5. The molecule has 0 aliphatic rings. The van der Waals surface area contributed by atoms with Gasteiger partial charge in [0.25, 0.3) is 0 Å². The van der Waals surface area contributed by atoms with Crippen LogP contribution in [0.3, 0.4) is 0 Å². The molecule has 10 nitrogen and oxygen atoms in total. The minimum Gasteiger partial charge on any atom is -0.496 e. The highest BCUT2D eigenvalue weighted by Gasteiger charge is 2.27. The van der Waals surface area contributed by atoms with Crippen molar-refractivity contribution >= 4 is 23.5 Å². The highest BCUT2D eigenvalue weighted by molar-refractivity contribution is 5.94. The number of ether oxygens (including phenoxy) is 1. The molecule has 0 bridgehead atoms. The van der Waals surface area contributed by atoms with Gasteiger partial charge >= 0.3 is 0 Å². The molecule has 1 aromatic carbocycles. The number of carbonyl (C=O) groups is 4. The molecule has 0 spiro atoms. The molecule has 0 aliphatic carbocycles. The van der Waals surface area contributed by atoms with Crippen molar-refractivity contribution in [2.75, 3.05) is 7.11 Å². The predicted octanol–water partition coefficient (Wildman–Crippen LogP) is 2.21. The second kappa shape index (κ2) is 18.5. The summed E-state index contributed by atoms with van der Waals surface area (Å²) < 4.78 is 5.26. The Morgan fingerprint density at radius 1 is 0.919 bits per heavy atom. The lowest BCUT2D eigenvalue weighted by Crippen LogP contribution is -2.53. The molecule has 10 heteroatoms. The first kappa shape index (κ1) is 33.2. The second-order valence-corrected chi connectivity index (χ2v) is 7.57. The van der Waals surface area contributed by atoms with Crippen LogP contribution in [0, 0.1) is 0 Å². The van der Waals surface area contributed by atoms with Gasteiger partial charge in [0.1, 0.15) is 11.8 Å². The molecule has 3 amide bonds. The van der Waals surface area contributed by atoms with Gasteiger partial charge in [0, 0.05) is 30.4 Å². The van der Waals surface area contributed by atoms with Crippen molar-refractivity contribution in [3.05, 3.63) is 59.9 Å². The normalized spacial score (nSPS) is 12.2. The molecule has 2 aromatic rings. The summed E-state index contributed by atoms with van der Waals surface area (Å²) in [6.07, 6.45) is 2.81. The molecular formula is C27H41N5O5. The number of ketones is 1. The van der Waals surface area contributed by atoms with E-state index in [-0.39, 0.29) is 18.6 Å². The van der Waals surface area contributed by atoms with Crippen LogP contribution in [0.15, 0.2) is 48.8 Å². The van der Waals surface area contributed by atoms with Gasteiger partial charge in [-0.1, -0.05) is 45.9 Å². The monoisotopic (exact) mass is 515 g/mol. The molecule has 6 N–H and O–H groups in total. The zero-order valence-electron chi connectivity index (χ0n) is 22.6. The van der Waals surface area contributed by atoms with E-state index in [2.05, 4.69) is 15.6 Å². The number of benzene rings is 1. The number of hydrogen-bond donors (Lipinski definition) is 4. The van der Waals surface area contributed by atoms with Crippen LogP contribution in [0.25, 0.3) is 0 Å². The maximum Gasteiger partial charge on any atom is 0.243 e. The number of nitrogens with zero attached hydrogens (tertiary/aromatic N) is 1. The van der Waals surface area contributed by atoms with Crippen LogP contribution in [0.5, 0.6) is 5.75 Å². The third-order valence-electron chi connectivity index (χ3n) is 5.00. The molecule has 1 unspecified atom stereocenters. The van der Waals surface area contributed by atoms with E-state index < -0.39 is 42.3 Å². The molecule has 1 aromatic heterocycles. The first-order valence-electron chi connectivity index (χ1n) is 12.4. The van der Waals surface area contributed by atoms with Crippen molar-refractivity contribution in [1.82, 2.24) is 15.6 Å². The number of carbonyl (C=O) groups excluding carboxylic acids is 4. The molecule has 1 heterocycles. The lowest BCUT2D eigenvalue weighted by Gasteiger charge is -2.22. The van der Waals surface area contributed by atoms with Crippen molar-refractivity contribution in [2.24, 2.45) is 11.5 Å². The fraction of sp³-hybridized carbons (Fsp3) is 0.444. The molecule has 3 atom stereocenters. The van der Waals surface area contributed by atoms with E-state index in [4.69, 9.17) is 16.2 Å². The first-order valence-corrected chi connectivity index (χ1v) is 12.4. The van der Waals surface area contributed by atoms with Crippen molar-refractivity contribution in [3.8, 4) is 5.75 Å². The number of rotatable bonds is 12. The van der Waals surface area contributed by atoms with Gasteiger partial charge in [0.15, 0.2) is 5.78 Å². The summed E-state index contributed by atoms with van der Waals surface area (Å²) in [6.45, 7) is 9.35. The largest absolute Gasteiger partial charge is 0.496 e. The number of pyridine rings is 1. The second-order valence-electron chi connectivity index (χ2n) is 7.57. The molecular weight excluding hydrogens is 474 g/mol. The zero-order valence-corrected chi connectivity index (χ0v) is 22.6. The fourth-order valence-corrected chi connectivity index (χ4v) is 3.27. The number of Topliss-reactive ketones (excluding diaryl/α,β-unsaturated/α-hetero) is 1. The van der Waals surface area contributed by atoms with Crippen molar-refractivity contribution in [3.63, 3.8) is 0 Å². The third kappa shape index (κ3) is 12.1. The molecule has 0 saturated carbocycles. The van der Waals surface area contributed by atoms with E-state index in [9.17, 15) is 19.2 Å². The van der Waals surface area contributed by atoms with Crippen LogP contribution >= 0.6 is 0 Å². The number of primary amides is 1. The lowest BCUT2D eigenvalue weighted by atomic mass is 10.0. The van der Waals surface area contributed by atoms with Crippen molar-refractivity contribution < 1.29 is 23.9 Å². The molecule has 37 heavy (non-hydrogen) atoms. The SMILES string of the molecule is CC.CC.COc1ccccc1[C@@H](N)CC(=O)N[C@@H](CC(N)=O)C(=O)NC(Cc1ccncc1)C(C)=O. The molecule has 0 saturated heterocycles. The Labute approximate surface area is 219 Å². The smallest absolute Gasteiger partial charge is 0.243 e. The van der Waals surface area contributed by atoms with Gasteiger partial charge in [-0.2, -0.15) is 0 Å². The maximum atomic E-state index is 12.8. The van der Waals surface area contributed by atoms with Crippen LogP contribution in [0.2, 0.25) is 0 Å². The van der Waals surface area contributed by atoms with Crippen LogP contribution in [0.1, 0.15) is 64.6 Å². The highest BCUT2D eigenvalue weighted by Crippen LogP contribution is 2.25. The average Bonchev–Trinajstić information content (AvgIpc) is 2.90. The Morgan fingerprint density at radius 3 is 2.05 bits per heavy atom. The Morgan fingerprint density at radius 2 is 1.51 bits per heavy atom. The van der Waals surface area contributed by atoms with Gasteiger partial charge in [-0.3, -0.25) is 24.2 Å². The van der Waals surface area contributed by atoms with Gasteiger partial charge < -0.3 is 26.8 Å². The van der Waals surface area contributed by atoms with Crippen molar-refractivity contribution in [2.45, 2.75) is 72.0 Å². The summed E-state index contributed by atoms with van der Waals surface area (Å²) in [5.41, 5.74) is 12.8. The zero-order chi connectivity index (χ0) is 28.4. The Kier molecular flexibility index (Phi) is 16.6. The van der Waals surface area contributed by atoms with Gasteiger partial charge in [-0.15, -0.1) is 0 Å². The summed E-state index contributed by atoms with van der Waals surface area (Å²) >= 11 is 0. The van der Waals surface area contributed by atoms with Crippen LogP contribution in [-0.4, -0.2) is 47.7 Å². The van der Waals surface area contributed by atoms with Gasteiger partial charge in [0.05, 0.1) is 19.6 Å². The number of nitrogens with two attached hydrogens (primary N) is 2. The summed E-state index contributed by atoms with van der Waals surface area (Å²) in [4.78, 5) is 52.9. The molecule has 204 valence electrons. The Balaban J connectivity index is 0.00000308. The lowest BCUT2D eigenvalue weighted by molar-refractivity contribution is -0.132. The average molecular weight is 516 g/mol. The summed E-state index contributed by atoms with van der Waals surface area (Å²) in [5, 5.41) is 5.10. The quantitative estimate of drug-likeness (QED) is 0.336. The molecule has 2 rings (SSSR count). The number of methoxy groups -OCH3 is 1. The van der Waals surface area contributed by atoms with Gasteiger partial charge in [-0.25, -0.2) is 0 Å². The van der Waals surface area contributed by atoms with E-state index in [1.54, 1.807) is 48.8 Å². The number of aromatic nitrogens is 1. The molecule has 0 aliphatic heterocycles. The van der Waals surface area contributed by atoms with Crippen LogP contribution < -0.4 is 26.8 Å². The number of para-hydroxylation sites is 1. The minimum absolute atomic E-state index is 0.157.